The molecule has 1 N–H and O–H groups in total. The average Bonchev–Trinajstić information content (AvgIpc) is 2.81. The SMILES string of the molecule is CC(C)(C)NC(=O)C(Cc1ccccc1)N(Cc1ccccc1)C(=O)COc1ccccc1Cl. The Morgan fingerprint density at radius 3 is 2.03 bits per heavy atom. The molecule has 3 aromatic carbocycles. The van der Waals surface area contributed by atoms with Crippen LogP contribution in [0.3, 0.4) is 0 Å². The Morgan fingerprint density at radius 1 is 0.882 bits per heavy atom. The van der Waals surface area contributed by atoms with Crippen molar-refractivity contribution >= 4 is 23.4 Å². The van der Waals surface area contributed by atoms with Gasteiger partial charge in [0.25, 0.3) is 5.91 Å². The Balaban J connectivity index is 1.91. The van der Waals surface area contributed by atoms with Gasteiger partial charge in [-0.2, -0.15) is 0 Å². The van der Waals surface area contributed by atoms with Crippen LogP contribution in [0, 0.1) is 0 Å². The summed E-state index contributed by atoms with van der Waals surface area (Å²) in [6.45, 7) is 5.82. The number of nitrogens with zero attached hydrogens (tertiary/aromatic N) is 1. The molecule has 0 aromatic heterocycles. The van der Waals surface area contributed by atoms with Crippen LogP contribution in [0.2, 0.25) is 5.02 Å². The highest BCUT2D eigenvalue weighted by Gasteiger charge is 2.32. The summed E-state index contributed by atoms with van der Waals surface area (Å²) >= 11 is 6.20. The van der Waals surface area contributed by atoms with Crippen molar-refractivity contribution in [3.63, 3.8) is 0 Å². The van der Waals surface area contributed by atoms with Crippen LogP contribution in [0.25, 0.3) is 0 Å². The Kier molecular flexibility index (Phi) is 8.72. The lowest BCUT2D eigenvalue weighted by Crippen LogP contribution is -2.55. The fourth-order valence-corrected chi connectivity index (χ4v) is 3.76. The minimum atomic E-state index is -0.718. The Hall–Kier alpha value is -3.31. The number of hydrogen-bond donors (Lipinski definition) is 1. The molecule has 0 saturated heterocycles. The van der Waals surface area contributed by atoms with Gasteiger partial charge in [-0.15, -0.1) is 0 Å². The number of halogens is 1. The maximum Gasteiger partial charge on any atom is 0.261 e. The monoisotopic (exact) mass is 478 g/mol. The zero-order chi connectivity index (χ0) is 24.6. The highest BCUT2D eigenvalue weighted by atomic mass is 35.5. The van der Waals surface area contributed by atoms with Crippen molar-refractivity contribution in [3.8, 4) is 5.75 Å². The highest BCUT2D eigenvalue weighted by Crippen LogP contribution is 2.23. The molecule has 1 unspecified atom stereocenters. The fraction of sp³-hybridized carbons (Fsp3) is 0.286. The molecule has 1 atom stereocenters. The van der Waals surface area contributed by atoms with Crippen LogP contribution in [-0.4, -0.2) is 34.9 Å². The van der Waals surface area contributed by atoms with E-state index in [9.17, 15) is 9.59 Å². The summed E-state index contributed by atoms with van der Waals surface area (Å²) in [5.41, 5.74) is 1.45. The van der Waals surface area contributed by atoms with Crippen molar-refractivity contribution in [2.24, 2.45) is 0 Å². The van der Waals surface area contributed by atoms with E-state index >= 15 is 0 Å². The lowest BCUT2D eigenvalue weighted by Gasteiger charge is -2.33. The van der Waals surface area contributed by atoms with Gasteiger partial charge in [-0.3, -0.25) is 9.59 Å². The number of carbonyl (C=O) groups excluding carboxylic acids is 2. The maximum absolute atomic E-state index is 13.5. The molecule has 0 fully saturated rings. The zero-order valence-corrected chi connectivity index (χ0v) is 20.6. The van der Waals surface area contributed by atoms with Crippen LogP contribution in [0.4, 0.5) is 0 Å². The van der Waals surface area contributed by atoms with Crippen molar-refractivity contribution in [3.05, 3.63) is 101 Å². The van der Waals surface area contributed by atoms with Crippen molar-refractivity contribution in [1.29, 1.82) is 0 Å². The van der Waals surface area contributed by atoms with E-state index in [1.807, 2.05) is 81.4 Å². The molecule has 0 aliphatic rings. The summed E-state index contributed by atoms with van der Waals surface area (Å²) in [6, 6.07) is 25.6. The van der Waals surface area contributed by atoms with Gasteiger partial charge in [0.05, 0.1) is 5.02 Å². The molecule has 178 valence electrons. The second-order valence-electron chi connectivity index (χ2n) is 9.17. The van der Waals surface area contributed by atoms with Gasteiger partial charge >= 0.3 is 0 Å². The predicted molar refractivity (Wildman–Crippen MR) is 136 cm³/mol. The zero-order valence-electron chi connectivity index (χ0n) is 19.8. The third-order valence-electron chi connectivity index (χ3n) is 5.15. The second-order valence-corrected chi connectivity index (χ2v) is 9.58. The van der Waals surface area contributed by atoms with E-state index in [0.717, 1.165) is 11.1 Å². The van der Waals surface area contributed by atoms with Crippen LogP contribution in [0.5, 0.6) is 5.75 Å². The number of benzene rings is 3. The predicted octanol–water partition coefficient (Wildman–Crippen LogP) is 5.27. The van der Waals surface area contributed by atoms with Crippen LogP contribution in [-0.2, 0) is 22.6 Å². The average molecular weight is 479 g/mol. The van der Waals surface area contributed by atoms with E-state index in [1.165, 1.54) is 0 Å². The first-order chi connectivity index (χ1) is 16.2. The third-order valence-corrected chi connectivity index (χ3v) is 5.47. The first-order valence-corrected chi connectivity index (χ1v) is 11.7. The summed E-state index contributed by atoms with van der Waals surface area (Å²) in [6.07, 6.45) is 0.382. The number of nitrogens with one attached hydrogen (secondary N) is 1. The molecule has 0 heterocycles. The summed E-state index contributed by atoms with van der Waals surface area (Å²) in [5.74, 6) is -0.0805. The lowest BCUT2D eigenvalue weighted by molar-refractivity contribution is -0.143. The van der Waals surface area contributed by atoms with Crippen LogP contribution < -0.4 is 10.1 Å². The molecule has 34 heavy (non-hydrogen) atoms. The maximum atomic E-state index is 13.5. The molecule has 0 spiro atoms. The number of amides is 2. The summed E-state index contributed by atoms with van der Waals surface area (Å²) in [7, 11) is 0. The van der Waals surface area contributed by atoms with Crippen molar-refractivity contribution < 1.29 is 14.3 Å². The normalized spacial score (nSPS) is 12.0. The van der Waals surface area contributed by atoms with Gasteiger partial charge in [0, 0.05) is 18.5 Å². The van der Waals surface area contributed by atoms with Gasteiger partial charge in [-0.1, -0.05) is 84.4 Å². The highest BCUT2D eigenvalue weighted by molar-refractivity contribution is 6.32. The van der Waals surface area contributed by atoms with Gasteiger partial charge in [0.2, 0.25) is 5.91 Å². The fourth-order valence-electron chi connectivity index (χ4n) is 3.57. The standard InChI is InChI=1S/C28H31ClN2O3/c1-28(2,3)30-27(33)24(18-21-12-6-4-7-13-21)31(19-22-14-8-5-9-15-22)26(32)20-34-25-17-11-10-16-23(25)29/h4-17,24H,18-20H2,1-3H3,(H,30,33). The molecule has 0 aliphatic carbocycles. The quantitative estimate of drug-likeness (QED) is 0.455. The number of ether oxygens (including phenoxy) is 1. The molecule has 0 bridgehead atoms. The topological polar surface area (TPSA) is 58.6 Å². The van der Waals surface area contributed by atoms with Gasteiger partial charge in [-0.05, 0) is 44.0 Å². The van der Waals surface area contributed by atoms with E-state index < -0.39 is 11.6 Å². The van der Waals surface area contributed by atoms with Crippen molar-refractivity contribution in [2.45, 2.75) is 45.3 Å². The molecule has 2 amide bonds. The molecular weight excluding hydrogens is 448 g/mol. The lowest BCUT2D eigenvalue weighted by atomic mass is 10.0. The van der Waals surface area contributed by atoms with E-state index in [4.69, 9.17) is 16.3 Å². The third kappa shape index (κ3) is 7.63. The Bertz CT molecular complexity index is 1080. The van der Waals surface area contributed by atoms with Crippen molar-refractivity contribution in [1.82, 2.24) is 10.2 Å². The molecule has 5 nitrogen and oxygen atoms in total. The molecule has 3 rings (SSSR count). The van der Waals surface area contributed by atoms with E-state index in [-0.39, 0.29) is 25.0 Å². The molecular formula is C28H31ClN2O3. The molecule has 0 aliphatic heterocycles. The second kappa shape index (κ2) is 11.7. The number of para-hydroxylation sites is 1. The van der Waals surface area contributed by atoms with Gasteiger partial charge in [0.1, 0.15) is 11.8 Å². The number of hydrogen-bond acceptors (Lipinski definition) is 3. The molecule has 0 radical (unpaired) electrons. The molecule has 6 heteroatoms. The minimum absolute atomic E-state index is 0.210. The first-order valence-electron chi connectivity index (χ1n) is 11.3. The molecule has 3 aromatic rings. The van der Waals surface area contributed by atoms with Crippen LogP contribution >= 0.6 is 11.6 Å². The Labute approximate surface area is 206 Å². The van der Waals surface area contributed by atoms with Gasteiger partial charge in [-0.25, -0.2) is 0 Å². The van der Waals surface area contributed by atoms with E-state index in [2.05, 4.69) is 5.32 Å². The van der Waals surface area contributed by atoms with Crippen LogP contribution in [0.15, 0.2) is 84.9 Å². The number of carbonyl (C=O) groups is 2. The van der Waals surface area contributed by atoms with Gasteiger partial charge < -0.3 is 15.0 Å². The smallest absolute Gasteiger partial charge is 0.261 e. The van der Waals surface area contributed by atoms with Crippen LogP contribution in [0.1, 0.15) is 31.9 Å². The summed E-state index contributed by atoms with van der Waals surface area (Å²) in [4.78, 5) is 28.6. The molecule has 0 saturated carbocycles. The number of rotatable bonds is 9. The van der Waals surface area contributed by atoms with Gasteiger partial charge in [0.15, 0.2) is 6.61 Å². The summed E-state index contributed by atoms with van der Waals surface area (Å²) < 4.78 is 5.74. The minimum Gasteiger partial charge on any atom is -0.482 e. The summed E-state index contributed by atoms with van der Waals surface area (Å²) in [5, 5.41) is 3.48. The largest absolute Gasteiger partial charge is 0.482 e. The van der Waals surface area contributed by atoms with E-state index in [1.54, 1.807) is 29.2 Å². The first kappa shape index (κ1) is 25.3. The van der Waals surface area contributed by atoms with E-state index in [0.29, 0.717) is 17.2 Å². The van der Waals surface area contributed by atoms with Crippen molar-refractivity contribution in [2.75, 3.05) is 6.61 Å². The Morgan fingerprint density at radius 2 is 1.44 bits per heavy atom.